The van der Waals surface area contributed by atoms with E-state index in [1.165, 1.54) is 0 Å². The summed E-state index contributed by atoms with van der Waals surface area (Å²) in [5.74, 6) is 0.492. The molecule has 3 aromatic carbocycles. The van der Waals surface area contributed by atoms with E-state index >= 15 is 0 Å². The van der Waals surface area contributed by atoms with Gasteiger partial charge in [-0.1, -0.05) is 58.5 Å². The van der Waals surface area contributed by atoms with Gasteiger partial charge in [0.15, 0.2) is 5.60 Å². The van der Waals surface area contributed by atoms with E-state index in [2.05, 4.69) is 4.90 Å². The summed E-state index contributed by atoms with van der Waals surface area (Å²) in [4.78, 5) is 17.6. The zero-order chi connectivity index (χ0) is 24.5. The normalized spacial score (nSPS) is 16.5. The maximum Gasteiger partial charge on any atom is 0.266 e. The summed E-state index contributed by atoms with van der Waals surface area (Å²) in [5, 5.41) is 2.41. The van der Waals surface area contributed by atoms with Crippen molar-refractivity contribution in [1.82, 2.24) is 4.90 Å². The molecule has 1 aliphatic heterocycles. The highest BCUT2D eigenvalue weighted by molar-refractivity contribution is 6.36. The Kier molecular flexibility index (Phi) is 7.54. The minimum Gasteiger partial charge on any atom is -0.478 e. The van der Waals surface area contributed by atoms with Crippen LogP contribution in [0.1, 0.15) is 25.5 Å². The third-order valence-electron chi connectivity index (χ3n) is 5.84. The second kappa shape index (κ2) is 10.2. The van der Waals surface area contributed by atoms with E-state index in [1.54, 1.807) is 44.2 Å². The van der Waals surface area contributed by atoms with E-state index < -0.39 is 5.60 Å². The van der Waals surface area contributed by atoms with Crippen LogP contribution in [-0.2, 0) is 4.79 Å². The minimum absolute atomic E-state index is 0.0942. The van der Waals surface area contributed by atoms with E-state index in [1.807, 2.05) is 41.3 Å². The second-order valence-electron chi connectivity index (χ2n) is 8.67. The number of rotatable bonds is 5. The van der Waals surface area contributed by atoms with Crippen molar-refractivity contribution >= 4 is 58.0 Å². The van der Waals surface area contributed by atoms with Gasteiger partial charge in [-0.2, -0.15) is 0 Å². The smallest absolute Gasteiger partial charge is 0.266 e. The van der Waals surface area contributed by atoms with Crippen LogP contribution in [0.15, 0.2) is 66.7 Å². The lowest BCUT2D eigenvalue weighted by molar-refractivity contribution is -0.146. The first-order chi connectivity index (χ1) is 16.1. The molecule has 1 heterocycles. The van der Waals surface area contributed by atoms with Gasteiger partial charge < -0.3 is 14.5 Å². The first-order valence-corrected chi connectivity index (χ1v) is 12.4. The molecule has 0 N–H and O–H groups in total. The number of piperazine rings is 1. The molecule has 1 atom stereocenters. The van der Waals surface area contributed by atoms with Crippen LogP contribution in [0.4, 0.5) is 5.69 Å². The SMILES string of the molecule is CC(C)(Oc1ccc(Cl)cc1)C(=O)N1CCN(c2ccc(Cl)cc2Cl)[C@H](c2ccc(Cl)cc2)C1. The summed E-state index contributed by atoms with van der Waals surface area (Å²) in [6.45, 7) is 5.15. The number of carbonyl (C=O) groups excluding carboxylic acids is 1. The maximum atomic E-state index is 13.6. The van der Waals surface area contributed by atoms with Gasteiger partial charge in [0.05, 0.1) is 16.8 Å². The molecular weight excluding hydrogens is 514 g/mol. The number of halogens is 4. The van der Waals surface area contributed by atoms with E-state index in [0.717, 1.165) is 11.3 Å². The molecular formula is C26H24Cl4N2O2. The number of benzene rings is 3. The third kappa shape index (κ3) is 5.58. The highest BCUT2D eigenvalue weighted by atomic mass is 35.5. The summed E-state index contributed by atoms with van der Waals surface area (Å²) < 4.78 is 6.06. The molecule has 178 valence electrons. The van der Waals surface area contributed by atoms with Gasteiger partial charge in [-0.15, -0.1) is 0 Å². The molecule has 1 aliphatic rings. The van der Waals surface area contributed by atoms with Crippen LogP contribution in [0.25, 0.3) is 0 Å². The second-order valence-corrected chi connectivity index (χ2v) is 10.4. The highest BCUT2D eigenvalue weighted by Gasteiger charge is 2.39. The standard InChI is InChI=1S/C26H24Cl4N2O2/c1-26(2,34-21-10-7-19(28)8-11-21)25(33)31-13-14-32(23-12-9-20(29)15-22(23)30)24(16-31)17-3-5-18(27)6-4-17/h3-12,15,24H,13-14,16H2,1-2H3/t24-/m0/s1. The molecule has 1 saturated heterocycles. The van der Waals surface area contributed by atoms with Crippen molar-refractivity contribution in [2.75, 3.05) is 24.5 Å². The number of carbonyl (C=O) groups is 1. The molecule has 0 radical (unpaired) electrons. The molecule has 0 spiro atoms. The lowest BCUT2D eigenvalue weighted by Crippen LogP contribution is -2.56. The van der Waals surface area contributed by atoms with Crippen molar-refractivity contribution in [2.24, 2.45) is 0 Å². The van der Waals surface area contributed by atoms with Gasteiger partial charge in [0.25, 0.3) is 5.91 Å². The van der Waals surface area contributed by atoms with Gasteiger partial charge in [-0.25, -0.2) is 0 Å². The van der Waals surface area contributed by atoms with Crippen LogP contribution in [0.2, 0.25) is 20.1 Å². The van der Waals surface area contributed by atoms with Crippen molar-refractivity contribution in [1.29, 1.82) is 0 Å². The van der Waals surface area contributed by atoms with Gasteiger partial charge in [-0.05, 0) is 74.0 Å². The first-order valence-electron chi connectivity index (χ1n) is 10.9. The Hall–Kier alpha value is -2.11. The largest absolute Gasteiger partial charge is 0.478 e. The van der Waals surface area contributed by atoms with Gasteiger partial charge in [0.2, 0.25) is 0 Å². The minimum atomic E-state index is -1.06. The first kappa shape index (κ1) is 25.0. The Bertz CT molecular complexity index is 1170. The number of hydrogen-bond donors (Lipinski definition) is 0. The average molecular weight is 538 g/mol. The summed E-state index contributed by atoms with van der Waals surface area (Å²) in [6.07, 6.45) is 0. The fourth-order valence-electron chi connectivity index (χ4n) is 4.16. The highest BCUT2D eigenvalue weighted by Crippen LogP contribution is 2.37. The average Bonchev–Trinajstić information content (AvgIpc) is 2.80. The molecule has 34 heavy (non-hydrogen) atoms. The summed E-state index contributed by atoms with van der Waals surface area (Å²) in [6, 6.07) is 20.0. The lowest BCUT2D eigenvalue weighted by atomic mass is 9.99. The molecule has 8 heteroatoms. The van der Waals surface area contributed by atoms with Crippen molar-refractivity contribution in [3.05, 3.63) is 92.4 Å². The molecule has 0 aliphatic carbocycles. The Morgan fingerprint density at radius 2 is 1.44 bits per heavy atom. The summed E-state index contributed by atoms with van der Waals surface area (Å²) in [7, 11) is 0. The topological polar surface area (TPSA) is 32.8 Å². The Morgan fingerprint density at radius 3 is 2.06 bits per heavy atom. The number of nitrogens with zero attached hydrogens (tertiary/aromatic N) is 2. The van der Waals surface area contributed by atoms with Crippen LogP contribution < -0.4 is 9.64 Å². The fraction of sp³-hybridized carbons (Fsp3) is 0.269. The monoisotopic (exact) mass is 536 g/mol. The van der Waals surface area contributed by atoms with E-state index in [9.17, 15) is 4.79 Å². The number of ether oxygens (including phenoxy) is 1. The van der Waals surface area contributed by atoms with Crippen molar-refractivity contribution in [2.45, 2.75) is 25.5 Å². The van der Waals surface area contributed by atoms with Gasteiger partial charge in [-0.3, -0.25) is 4.79 Å². The van der Waals surface area contributed by atoms with E-state index in [-0.39, 0.29) is 11.9 Å². The third-order valence-corrected chi connectivity index (χ3v) is 6.88. The van der Waals surface area contributed by atoms with Gasteiger partial charge in [0.1, 0.15) is 5.75 Å². The molecule has 4 rings (SSSR count). The molecule has 0 saturated carbocycles. The molecule has 4 nitrogen and oxygen atoms in total. The van der Waals surface area contributed by atoms with Gasteiger partial charge in [0, 0.05) is 34.7 Å². The molecule has 3 aromatic rings. The van der Waals surface area contributed by atoms with Crippen LogP contribution >= 0.6 is 46.4 Å². The molecule has 0 unspecified atom stereocenters. The van der Waals surface area contributed by atoms with E-state index in [4.69, 9.17) is 51.1 Å². The van der Waals surface area contributed by atoms with Crippen molar-refractivity contribution < 1.29 is 9.53 Å². The summed E-state index contributed by atoms with van der Waals surface area (Å²) >= 11 is 24.8. The molecule has 0 bridgehead atoms. The predicted octanol–water partition coefficient (Wildman–Crippen LogP) is 7.55. The summed E-state index contributed by atoms with van der Waals surface area (Å²) in [5.41, 5.74) is 0.845. The Balaban J connectivity index is 1.60. The van der Waals surface area contributed by atoms with Crippen LogP contribution in [-0.4, -0.2) is 36.0 Å². The molecule has 1 fully saturated rings. The van der Waals surface area contributed by atoms with Crippen LogP contribution in [0.5, 0.6) is 5.75 Å². The molecule has 1 amide bonds. The number of anilines is 1. The maximum absolute atomic E-state index is 13.6. The lowest BCUT2D eigenvalue weighted by Gasteiger charge is -2.45. The van der Waals surface area contributed by atoms with Crippen LogP contribution in [0, 0.1) is 0 Å². The zero-order valence-electron chi connectivity index (χ0n) is 18.8. The van der Waals surface area contributed by atoms with Gasteiger partial charge >= 0.3 is 0 Å². The fourth-order valence-corrected chi connectivity index (χ4v) is 4.93. The Morgan fingerprint density at radius 1 is 0.853 bits per heavy atom. The Labute approximate surface area is 219 Å². The van der Waals surface area contributed by atoms with E-state index in [0.29, 0.717) is 45.5 Å². The quantitative estimate of drug-likeness (QED) is 0.337. The number of amides is 1. The van der Waals surface area contributed by atoms with Crippen molar-refractivity contribution in [3.63, 3.8) is 0 Å². The zero-order valence-corrected chi connectivity index (χ0v) is 21.8. The van der Waals surface area contributed by atoms with Crippen LogP contribution in [0.3, 0.4) is 0 Å². The molecule has 0 aromatic heterocycles. The van der Waals surface area contributed by atoms with Crippen molar-refractivity contribution in [3.8, 4) is 5.75 Å². The number of hydrogen-bond acceptors (Lipinski definition) is 3. The predicted molar refractivity (Wildman–Crippen MR) is 141 cm³/mol.